The molecule has 0 amide bonds. The van der Waals surface area contributed by atoms with Gasteiger partial charge in [-0.05, 0) is 19.2 Å². The van der Waals surface area contributed by atoms with E-state index < -0.39 is 0 Å². The van der Waals surface area contributed by atoms with Crippen LogP contribution < -0.4 is 5.32 Å². The van der Waals surface area contributed by atoms with Crippen LogP contribution in [0.25, 0.3) is 22.2 Å². The lowest BCUT2D eigenvalue weighted by Gasteiger charge is -2.30. The minimum atomic E-state index is 0. The van der Waals surface area contributed by atoms with Crippen LogP contribution in [-0.2, 0) is 0 Å². The third kappa shape index (κ3) is 3.88. The molecular weight excluding hydrogens is 417 g/mol. The Balaban J connectivity index is 0.00000196. The predicted molar refractivity (Wildman–Crippen MR) is 106 cm³/mol. The van der Waals surface area contributed by atoms with Crippen molar-refractivity contribution in [1.82, 2.24) is 25.3 Å². The summed E-state index contributed by atoms with van der Waals surface area (Å²) in [6, 6.07) is 5.56. The lowest BCUT2D eigenvalue weighted by Crippen LogP contribution is -2.44. The Kier molecular flexibility index (Phi) is 6.17. The second-order valence-corrected chi connectivity index (χ2v) is 7.50. The SMILES string of the molecule is CN1CCNCC1c1noc(-c2csc(-c3ccc(Cl)c(Cl)c3)n2)n1.Cl. The van der Waals surface area contributed by atoms with E-state index in [0.717, 1.165) is 30.2 Å². The molecule has 26 heavy (non-hydrogen) atoms. The van der Waals surface area contributed by atoms with Crippen molar-refractivity contribution in [3.63, 3.8) is 0 Å². The van der Waals surface area contributed by atoms with Gasteiger partial charge in [-0.2, -0.15) is 4.98 Å². The highest BCUT2D eigenvalue weighted by Gasteiger charge is 2.26. The Labute approximate surface area is 170 Å². The molecule has 0 spiro atoms. The topological polar surface area (TPSA) is 67.1 Å². The maximum absolute atomic E-state index is 6.08. The lowest BCUT2D eigenvalue weighted by molar-refractivity contribution is 0.190. The zero-order chi connectivity index (χ0) is 17.4. The second kappa shape index (κ2) is 8.21. The molecule has 0 bridgehead atoms. The van der Waals surface area contributed by atoms with E-state index in [1.807, 2.05) is 11.4 Å². The monoisotopic (exact) mass is 431 g/mol. The minimum absolute atomic E-state index is 0. The van der Waals surface area contributed by atoms with E-state index in [1.54, 1.807) is 12.1 Å². The smallest absolute Gasteiger partial charge is 0.277 e. The summed E-state index contributed by atoms with van der Waals surface area (Å²) in [6.45, 7) is 2.73. The Morgan fingerprint density at radius 1 is 1.27 bits per heavy atom. The predicted octanol–water partition coefficient (Wildman–Crippen LogP) is 4.16. The average molecular weight is 433 g/mol. The zero-order valence-corrected chi connectivity index (χ0v) is 16.9. The molecule has 1 saturated heterocycles. The van der Waals surface area contributed by atoms with Gasteiger partial charge in [0.05, 0.1) is 16.1 Å². The molecule has 138 valence electrons. The van der Waals surface area contributed by atoms with Gasteiger partial charge in [0.15, 0.2) is 5.82 Å². The van der Waals surface area contributed by atoms with Gasteiger partial charge in [-0.1, -0.05) is 34.4 Å². The Bertz CT molecular complexity index is 900. The third-order valence-electron chi connectivity index (χ3n) is 4.14. The fraction of sp³-hybridized carbons (Fsp3) is 0.312. The molecule has 10 heteroatoms. The van der Waals surface area contributed by atoms with Crippen LogP contribution in [0.15, 0.2) is 28.1 Å². The van der Waals surface area contributed by atoms with Crippen molar-refractivity contribution in [2.75, 3.05) is 26.7 Å². The van der Waals surface area contributed by atoms with E-state index in [1.165, 1.54) is 11.3 Å². The highest BCUT2D eigenvalue weighted by Crippen LogP contribution is 2.32. The summed E-state index contributed by atoms with van der Waals surface area (Å²) >= 11 is 13.5. The molecule has 3 aromatic rings. The van der Waals surface area contributed by atoms with E-state index in [-0.39, 0.29) is 18.4 Å². The van der Waals surface area contributed by atoms with Gasteiger partial charge < -0.3 is 9.84 Å². The van der Waals surface area contributed by atoms with Gasteiger partial charge in [0, 0.05) is 30.6 Å². The fourth-order valence-electron chi connectivity index (χ4n) is 2.70. The van der Waals surface area contributed by atoms with Crippen LogP contribution in [0, 0.1) is 0 Å². The molecule has 0 saturated carbocycles. The number of nitrogens with one attached hydrogen (secondary N) is 1. The normalized spacial score (nSPS) is 17.9. The van der Waals surface area contributed by atoms with Crippen LogP contribution in [0.1, 0.15) is 11.9 Å². The maximum Gasteiger partial charge on any atom is 0.277 e. The molecule has 2 aromatic heterocycles. The number of piperazine rings is 1. The molecule has 0 radical (unpaired) electrons. The summed E-state index contributed by atoms with van der Waals surface area (Å²) in [5, 5.41) is 11.2. The van der Waals surface area contributed by atoms with E-state index in [2.05, 4.69) is 32.4 Å². The second-order valence-electron chi connectivity index (χ2n) is 5.83. The summed E-state index contributed by atoms with van der Waals surface area (Å²) in [5.41, 5.74) is 1.57. The van der Waals surface area contributed by atoms with Gasteiger partial charge in [0.2, 0.25) is 0 Å². The highest BCUT2D eigenvalue weighted by molar-refractivity contribution is 7.13. The Morgan fingerprint density at radius 2 is 2.12 bits per heavy atom. The first-order valence-corrected chi connectivity index (χ1v) is 9.41. The maximum atomic E-state index is 6.08. The first kappa shape index (κ1) is 19.5. The standard InChI is InChI=1S/C16H15Cl2N5OS.ClH/c1-23-5-4-19-7-13(23)14-21-15(24-22-14)12-8-25-16(20-12)9-2-3-10(17)11(18)6-9;/h2-3,6,8,13,19H,4-5,7H2,1H3;1H. The number of halogens is 3. The Hall–Kier alpha value is -1.22. The van der Waals surface area contributed by atoms with Crippen LogP contribution in [0.4, 0.5) is 0 Å². The van der Waals surface area contributed by atoms with Crippen LogP contribution >= 0.6 is 46.9 Å². The van der Waals surface area contributed by atoms with E-state index in [9.17, 15) is 0 Å². The lowest BCUT2D eigenvalue weighted by atomic mass is 10.2. The van der Waals surface area contributed by atoms with Crippen molar-refractivity contribution in [2.24, 2.45) is 0 Å². The number of hydrogen-bond acceptors (Lipinski definition) is 7. The summed E-state index contributed by atoms with van der Waals surface area (Å²) in [4.78, 5) is 11.3. The molecule has 0 aliphatic carbocycles. The molecule has 1 atom stereocenters. The first-order valence-electron chi connectivity index (χ1n) is 7.77. The van der Waals surface area contributed by atoms with Crippen molar-refractivity contribution in [1.29, 1.82) is 0 Å². The number of thiazole rings is 1. The number of aromatic nitrogens is 3. The highest BCUT2D eigenvalue weighted by atomic mass is 35.5. The van der Waals surface area contributed by atoms with Gasteiger partial charge in [-0.3, -0.25) is 4.90 Å². The van der Waals surface area contributed by atoms with E-state index in [0.29, 0.717) is 27.5 Å². The summed E-state index contributed by atoms with van der Waals surface area (Å²) in [5.74, 6) is 1.10. The van der Waals surface area contributed by atoms with Gasteiger partial charge in [-0.15, -0.1) is 23.7 Å². The molecule has 1 aliphatic heterocycles. The largest absolute Gasteiger partial charge is 0.332 e. The summed E-state index contributed by atoms with van der Waals surface area (Å²) in [7, 11) is 2.06. The van der Waals surface area contributed by atoms with E-state index in [4.69, 9.17) is 27.7 Å². The summed E-state index contributed by atoms with van der Waals surface area (Å²) in [6.07, 6.45) is 0. The number of nitrogens with zero attached hydrogens (tertiary/aromatic N) is 4. The average Bonchev–Trinajstić information content (AvgIpc) is 3.27. The van der Waals surface area contributed by atoms with Crippen LogP contribution in [-0.4, -0.2) is 46.7 Å². The first-order chi connectivity index (χ1) is 12.1. The fourth-order valence-corrected chi connectivity index (χ4v) is 3.79. The zero-order valence-electron chi connectivity index (χ0n) is 13.8. The van der Waals surface area contributed by atoms with Crippen molar-refractivity contribution in [3.8, 4) is 22.2 Å². The van der Waals surface area contributed by atoms with Crippen molar-refractivity contribution < 1.29 is 4.52 Å². The van der Waals surface area contributed by atoms with Crippen molar-refractivity contribution in [3.05, 3.63) is 39.4 Å². The van der Waals surface area contributed by atoms with Gasteiger partial charge in [0.1, 0.15) is 10.7 Å². The van der Waals surface area contributed by atoms with Crippen molar-refractivity contribution >= 4 is 46.9 Å². The molecule has 1 fully saturated rings. The van der Waals surface area contributed by atoms with Crippen LogP contribution in [0.3, 0.4) is 0 Å². The van der Waals surface area contributed by atoms with Crippen LogP contribution in [0.5, 0.6) is 0 Å². The molecule has 1 aliphatic rings. The minimum Gasteiger partial charge on any atom is -0.332 e. The van der Waals surface area contributed by atoms with Gasteiger partial charge in [0.25, 0.3) is 5.89 Å². The molecule has 3 heterocycles. The van der Waals surface area contributed by atoms with Crippen LogP contribution in [0.2, 0.25) is 10.0 Å². The van der Waals surface area contributed by atoms with Crippen molar-refractivity contribution in [2.45, 2.75) is 6.04 Å². The van der Waals surface area contributed by atoms with Gasteiger partial charge >= 0.3 is 0 Å². The number of hydrogen-bond donors (Lipinski definition) is 1. The molecule has 1 unspecified atom stereocenters. The molecule has 4 rings (SSSR count). The third-order valence-corrected chi connectivity index (χ3v) is 5.77. The molecule has 1 aromatic carbocycles. The van der Waals surface area contributed by atoms with E-state index >= 15 is 0 Å². The number of rotatable bonds is 3. The number of likely N-dealkylation sites (N-methyl/N-ethyl adjacent to an activating group) is 1. The molecular formula is C16H16Cl3N5OS. The van der Waals surface area contributed by atoms with Gasteiger partial charge in [-0.25, -0.2) is 4.98 Å². The number of benzene rings is 1. The molecule has 1 N–H and O–H groups in total. The molecule has 6 nitrogen and oxygen atoms in total. The Morgan fingerprint density at radius 3 is 2.88 bits per heavy atom. The summed E-state index contributed by atoms with van der Waals surface area (Å²) < 4.78 is 5.43. The quantitative estimate of drug-likeness (QED) is 0.670.